The lowest BCUT2D eigenvalue weighted by molar-refractivity contribution is -0.138. The van der Waals surface area contributed by atoms with Crippen LogP contribution in [0.3, 0.4) is 0 Å². The molecule has 3 heterocycles. The van der Waals surface area contributed by atoms with E-state index in [0.29, 0.717) is 25.6 Å². The molecule has 0 bridgehead atoms. The molecule has 0 amide bonds. The van der Waals surface area contributed by atoms with Gasteiger partial charge in [0, 0.05) is 33.7 Å². The Morgan fingerprint density at radius 3 is 2.55 bits per heavy atom. The van der Waals surface area contributed by atoms with Crippen LogP contribution in [-0.2, 0) is 26.8 Å². The first-order chi connectivity index (χ1) is 14.7. The lowest BCUT2D eigenvalue weighted by Crippen LogP contribution is -2.37. The predicted octanol–water partition coefficient (Wildman–Crippen LogP) is 1.30. The van der Waals surface area contributed by atoms with Gasteiger partial charge in [0.25, 0.3) is 5.56 Å². The van der Waals surface area contributed by atoms with Crippen LogP contribution < -0.4 is 21.5 Å². The first-order valence-corrected chi connectivity index (χ1v) is 9.97. The maximum absolute atomic E-state index is 13.6. The quantitative estimate of drug-likeness (QED) is 0.670. The zero-order valence-corrected chi connectivity index (χ0v) is 17.2. The van der Waals surface area contributed by atoms with Crippen molar-refractivity contribution >= 4 is 17.1 Å². The Morgan fingerprint density at radius 1 is 1.06 bits per heavy atom. The molecule has 0 unspecified atom stereocenters. The van der Waals surface area contributed by atoms with Crippen molar-refractivity contribution in [1.29, 1.82) is 0 Å². The Labute approximate surface area is 175 Å². The second-order valence-electron chi connectivity index (χ2n) is 7.62. The van der Waals surface area contributed by atoms with Crippen molar-refractivity contribution in [3.63, 3.8) is 0 Å². The molecule has 166 valence electrons. The maximum Gasteiger partial charge on any atom is 0.416 e. The van der Waals surface area contributed by atoms with Crippen molar-refractivity contribution in [3.8, 4) is 0 Å². The number of benzene rings is 1. The van der Waals surface area contributed by atoms with E-state index in [1.54, 1.807) is 0 Å². The Morgan fingerprint density at radius 2 is 1.81 bits per heavy atom. The standard InChI is InChI=1S/C20H23F3N6O2/c1-26-16-15(17(30)27(2)19(26)31)29(18(25-16)28-10-5-8-24-9-11-28)12-13-6-3-4-7-14(13)20(21,22)23/h3-4,6-7,24H,5,8-12H2,1-2H3. The third-order valence-corrected chi connectivity index (χ3v) is 5.60. The topological polar surface area (TPSA) is 77.1 Å². The van der Waals surface area contributed by atoms with Gasteiger partial charge in [0.2, 0.25) is 5.95 Å². The van der Waals surface area contributed by atoms with Gasteiger partial charge in [-0.1, -0.05) is 18.2 Å². The highest BCUT2D eigenvalue weighted by molar-refractivity contribution is 5.75. The second-order valence-corrected chi connectivity index (χ2v) is 7.62. The van der Waals surface area contributed by atoms with E-state index in [-0.39, 0.29) is 23.3 Å². The van der Waals surface area contributed by atoms with Gasteiger partial charge in [0.15, 0.2) is 11.2 Å². The van der Waals surface area contributed by atoms with Crippen molar-refractivity contribution < 1.29 is 13.2 Å². The zero-order valence-electron chi connectivity index (χ0n) is 17.2. The fraction of sp³-hybridized carbons (Fsp3) is 0.450. The van der Waals surface area contributed by atoms with Crippen LogP contribution in [0, 0.1) is 0 Å². The van der Waals surface area contributed by atoms with E-state index in [1.165, 1.54) is 41.4 Å². The summed E-state index contributed by atoms with van der Waals surface area (Å²) in [6, 6.07) is 5.29. The molecular formula is C20H23F3N6O2. The van der Waals surface area contributed by atoms with Crippen LogP contribution in [-0.4, -0.2) is 44.9 Å². The summed E-state index contributed by atoms with van der Waals surface area (Å²) in [5, 5.41) is 3.27. The first kappa shape index (κ1) is 21.2. The van der Waals surface area contributed by atoms with Crippen LogP contribution in [0.25, 0.3) is 11.2 Å². The van der Waals surface area contributed by atoms with Crippen molar-refractivity contribution in [2.75, 3.05) is 31.1 Å². The highest BCUT2D eigenvalue weighted by Gasteiger charge is 2.33. The molecule has 1 N–H and O–H groups in total. The summed E-state index contributed by atoms with van der Waals surface area (Å²) in [6.07, 6.45) is -3.71. The molecule has 1 fully saturated rings. The van der Waals surface area contributed by atoms with Crippen LogP contribution in [0.4, 0.5) is 19.1 Å². The van der Waals surface area contributed by atoms with Crippen molar-refractivity contribution in [2.24, 2.45) is 14.1 Å². The fourth-order valence-electron chi connectivity index (χ4n) is 3.98. The van der Waals surface area contributed by atoms with Crippen LogP contribution >= 0.6 is 0 Å². The largest absolute Gasteiger partial charge is 0.416 e. The van der Waals surface area contributed by atoms with Crippen molar-refractivity contribution in [1.82, 2.24) is 24.0 Å². The minimum absolute atomic E-state index is 0.0272. The lowest BCUT2D eigenvalue weighted by atomic mass is 10.1. The summed E-state index contributed by atoms with van der Waals surface area (Å²) in [5.41, 5.74) is -1.60. The van der Waals surface area contributed by atoms with Crippen LogP contribution in [0.1, 0.15) is 17.5 Å². The average Bonchev–Trinajstić information content (AvgIpc) is 2.90. The summed E-state index contributed by atoms with van der Waals surface area (Å²) in [4.78, 5) is 31.9. The van der Waals surface area contributed by atoms with Gasteiger partial charge >= 0.3 is 11.9 Å². The molecular weight excluding hydrogens is 413 g/mol. The third-order valence-electron chi connectivity index (χ3n) is 5.60. The van der Waals surface area contributed by atoms with E-state index in [0.717, 1.165) is 23.6 Å². The van der Waals surface area contributed by atoms with Crippen LogP contribution in [0.15, 0.2) is 33.9 Å². The molecule has 0 spiro atoms. The number of aryl methyl sites for hydroxylation is 1. The number of nitrogens with zero attached hydrogens (tertiary/aromatic N) is 5. The summed E-state index contributed by atoms with van der Waals surface area (Å²) < 4.78 is 44.5. The Kier molecular flexibility index (Phi) is 5.38. The Hall–Kier alpha value is -3.08. The summed E-state index contributed by atoms with van der Waals surface area (Å²) in [7, 11) is 2.85. The van der Waals surface area contributed by atoms with Crippen LogP contribution in [0.2, 0.25) is 0 Å². The van der Waals surface area contributed by atoms with Gasteiger partial charge < -0.3 is 10.2 Å². The average molecular weight is 436 g/mol. The number of hydrogen-bond donors (Lipinski definition) is 1. The minimum Gasteiger partial charge on any atom is -0.341 e. The van der Waals surface area contributed by atoms with E-state index < -0.39 is 23.0 Å². The molecule has 0 atom stereocenters. The predicted molar refractivity (Wildman–Crippen MR) is 110 cm³/mol. The molecule has 4 rings (SSSR count). The monoisotopic (exact) mass is 436 g/mol. The van der Waals surface area contributed by atoms with E-state index in [4.69, 9.17) is 0 Å². The van der Waals surface area contributed by atoms with Gasteiger partial charge in [0.05, 0.1) is 12.1 Å². The molecule has 0 saturated carbocycles. The molecule has 11 heteroatoms. The molecule has 2 aromatic heterocycles. The normalized spacial score (nSPS) is 15.5. The van der Waals surface area contributed by atoms with Crippen molar-refractivity contribution in [3.05, 3.63) is 56.2 Å². The number of nitrogens with one attached hydrogen (secondary N) is 1. The Balaban J connectivity index is 1.98. The Bertz CT molecular complexity index is 1230. The fourth-order valence-corrected chi connectivity index (χ4v) is 3.98. The van der Waals surface area contributed by atoms with Gasteiger partial charge in [0.1, 0.15) is 0 Å². The molecule has 31 heavy (non-hydrogen) atoms. The summed E-state index contributed by atoms with van der Waals surface area (Å²) in [5.74, 6) is 0.383. The van der Waals surface area contributed by atoms with E-state index >= 15 is 0 Å². The smallest absolute Gasteiger partial charge is 0.341 e. The summed E-state index contributed by atoms with van der Waals surface area (Å²) in [6.45, 7) is 2.51. The molecule has 1 aliphatic heterocycles. The molecule has 1 saturated heterocycles. The van der Waals surface area contributed by atoms with Gasteiger partial charge in [-0.3, -0.25) is 18.5 Å². The number of anilines is 1. The SMILES string of the molecule is Cn1c(=O)c2c(nc(N3CCCNCC3)n2Cc2ccccc2C(F)(F)F)n(C)c1=O. The van der Waals surface area contributed by atoms with Gasteiger partial charge in [-0.25, -0.2) is 4.79 Å². The summed E-state index contributed by atoms with van der Waals surface area (Å²) >= 11 is 0. The van der Waals surface area contributed by atoms with E-state index in [1.807, 2.05) is 4.90 Å². The minimum atomic E-state index is -4.53. The molecule has 8 nitrogen and oxygen atoms in total. The maximum atomic E-state index is 13.6. The second kappa shape index (κ2) is 7.88. The molecule has 1 aliphatic rings. The molecule has 0 radical (unpaired) electrons. The molecule has 0 aliphatic carbocycles. The zero-order chi connectivity index (χ0) is 22.3. The number of fused-ring (bicyclic) bond motifs is 1. The highest BCUT2D eigenvalue weighted by atomic mass is 19.4. The number of aromatic nitrogens is 4. The molecule has 1 aromatic carbocycles. The van der Waals surface area contributed by atoms with E-state index in [9.17, 15) is 22.8 Å². The third kappa shape index (κ3) is 3.73. The molecule has 3 aromatic rings. The number of rotatable bonds is 3. The van der Waals surface area contributed by atoms with Crippen LogP contribution in [0.5, 0.6) is 0 Å². The lowest BCUT2D eigenvalue weighted by Gasteiger charge is -2.23. The highest BCUT2D eigenvalue weighted by Crippen LogP contribution is 2.33. The van der Waals surface area contributed by atoms with E-state index in [2.05, 4.69) is 10.3 Å². The van der Waals surface area contributed by atoms with Crippen molar-refractivity contribution in [2.45, 2.75) is 19.1 Å². The number of hydrogen-bond acceptors (Lipinski definition) is 5. The van der Waals surface area contributed by atoms with Gasteiger partial charge in [-0.2, -0.15) is 18.2 Å². The number of halogens is 3. The van der Waals surface area contributed by atoms with Gasteiger partial charge in [-0.05, 0) is 24.6 Å². The first-order valence-electron chi connectivity index (χ1n) is 9.97. The number of imidazole rings is 1. The number of alkyl halides is 3. The van der Waals surface area contributed by atoms with Gasteiger partial charge in [-0.15, -0.1) is 0 Å².